The van der Waals surface area contributed by atoms with E-state index in [0.29, 0.717) is 11.6 Å². The van der Waals surface area contributed by atoms with E-state index < -0.39 is 0 Å². The molecule has 0 aliphatic carbocycles. The van der Waals surface area contributed by atoms with Crippen LogP contribution in [-0.4, -0.2) is 19.7 Å². The molecule has 0 bridgehead atoms. The summed E-state index contributed by atoms with van der Waals surface area (Å²) in [5, 5.41) is 4.50. The van der Waals surface area contributed by atoms with Crippen molar-refractivity contribution in [3.63, 3.8) is 0 Å². The summed E-state index contributed by atoms with van der Waals surface area (Å²) < 4.78 is 1.62. The van der Waals surface area contributed by atoms with E-state index in [1.165, 1.54) is 0 Å². The van der Waals surface area contributed by atoms with Gasteiger partial charge < -0.3 is 5.73 Å². The fourth-order valence-corrected chi connectivity index (χ4v) is 2.12. The highest BCUT2D eigenvalue weighted by Crippen LogP contribution is 2.24. The molecule has 0 atom stereocenters. The summed E-state index contributed by atoms with van der Waals surface area (Å²) >= 11 is 0. The Labute approximate surface area is 117 Å². The molecule has 5 nitrogen and oxygen atoms in total. The average Bonchev–Trinajstić information content (AvgIpc) is 2.81. The average molecular weight is 265 g/mol. The first kappa shape index (κ1) is 12.3. The van der Waals surface area contributed by atoms with Gasteiger partial charge in [-0.25, -0.2) is 14.6 Å². The Bertz CT molecular complexity index is 726. The van der Waals surface area contributed by atoms with Gasteiger partial charge in [0.1, 0.15) is 5.69 Å². The Morgan fingerprint density at radius 3 is 2.30 bits per heavy atom. The number of rotatable bonds is 2. The minimum atomic E-state index is 0.538. The first-order chi connectivity index (χ1) is 9.63. The van der Waals surface area contributed by atoms with Crippen molar-refractivity contribution in [2.45, 2.75) is 13.8 Å². The Morgan fingerprint density at radius 1 is 1.00 bits per heavy atom. The van der Waals surface area contributed by atoms with Gasteiger partial charge in [-0.3, -0.25) is 0 Å². The smallest absolute Gasteiger partial charge is 0.251 e. The van der Waals surface area contributed by atoms with E-state index >= 15 is 0 Å². The maximum atomic E-state index is 6.05. The summed E-state index contributed by atoms with van der Waals surface area (Å²) in [5.74, 6) is 0.538. The molecule has 0 saturated carbocycles. The molecule has 2 N–H and O–H groups in total. The highest BCUT2D eigenvalue weighted by atomic mass is 15.3. The van der Waals surface area contributed by atoms with Crippen LogP contribution in [0.15, 0.2) is 42.6 Å². The van der Waals surface area contributed by atoms with Crippen LogP contribution < -0.4 is 5.73 Å². The number of anilines is 1. The second-order valence-corrected chi connectivity index (χ2v) is 4.69. The predicted molar refractivity (Wildman–Crippen MR) is 78.5 cm³/mol. The van der Waals surface area contributed by atoms with Crippen molar-refractivity contribution in [2.75, 3.05) is 5.73 Å². The zero-order chi connectivity index (χ0) is 14.1. The van der Waals surface area contributed by atoms with Gasteiger partial charge in [0.15, 0.2) is 0 Å². The van der Waals surface area contributed by atoms with Crippen molar-refractivity contribution in [1.29, 1.82) is 0 Å². The van der Waals surface area contributed by atoms with E-state index in [1.54, 1.807) is 10.9 Å². The number of aromatic nitrogens is 4. The van der Waals surface area contributed by atoms with Gasteiger partial charge in [0.05, 0.1) is 11.9 Å². The van der Waals surface area contributed by atoms with E-state index in [1.807, 2.05) is 50.2 Å². The van der Waals surface area contributed by atoms with Gasteiger partial charge in [-0.1, -0.05) is 30.3 Å². The Hall–Kier alpha value is -2.69. The van der Waals surface area contributed by atoms with Crippen molar-refractivity contribution in [2.24, 2.45) is 0 Å². The summed E-state index contributed by atoms with van der Waals surface area (Å²) in [4.78, 5) is 8.77. The summed E-state index contributed by atoms with van der Waals surface area (Å²) in [7, 11) is 0. The minimum Gasteiger partial charge on any atom is -0.396 e. The normalized spacial score (nSPS) is 10.7. The van der Waals surface area contributed by atoms with Gasteiger partial charge in [-0.15, -0.1) is 0 Å². The molecule has 0 aliphatic heterocycles. The number of nitrogens with zero attached hydrogens (tertiary/aromatic N) is 4. The molecule has 0 amide bonds. The van der Waals surface area contributed by atoms with Crippen molar-refractivity contribution < 1.29 is 0 Å². The molecule has 1 aromatic carbocycles. The maximum Gasteiger partial charge on any atom is 0.251 e. The Balaban J connectivity index is 2.09. The monoisotopic (exact) mass is 265 g/mol. The van der Waals surface area contributed by atoms with Gasteiger partial charge in [-0.05, 0) is 19.9 Å². The Morgan fingerprint density at radius 2 is 1.65 bits per heavy atom. The summed E-state index contributed by atoms with van der Waals surface area (Å²) in [5.41, 5.74) is 10.2. The zero-order valence-corrected chi connectivity index (χ0v) is 11.4. The lowest BCUT2D eigenvalue weighted by Crippen LogP contribution is -2.04. The minimum absolute atomic E-state index is 0.538. The van der Waals surface area contributed by atoms with Gasteiger partial charge in [0, 0.05) is 17.0 Å². The summed E-state index contributed by atoms with van der Waals surface area (Å²) in [6.07, 6.45) is 1.75. The van der Waals surface area contributed by atoms with Gasteiger partial charge in [0.25, 0.3) is 5.95 Å². The lowest BCUT2D eigenvalue weighted by atomic mass is 10.1. The first-order valence-corrected chi connectivity index (χ1v) is 6.37. The molecule has 0 unspecified atom stereocenters. The lowest BCUT2D eigenvalue weighted by molar-refractivity contribution is 0.796. The first-order valence-electron chi connectivity index (χ1n) is 6.37. The molecule has 0 radical (unpaired) electrons. The number of nitrogens with two attached hydrogens (primary N) is 1. The van der Waals surface area contributed by atoms with Crippen LogP contribution in [0.4, 0.5) is 5.69 Å². The van der Waals surface area contributed by atoms with E-state index in [-0.39, 0.29) is 0 Å². The van der Waals surface area contributed by atoms with Crippen molar-refractivity contribution in [3.05, 3.63) is 54.0 Å². The summed E-state index contributed by atoms with van der Waals surface area (Å²) in [6.45, 7) is 3.87. The van der Waals surface area contributed by atoms with Crippen LogP contribution in [0, 0.1) is 13.8 Å². The third-order valence-corrected chi connectivity index (χ3v) is 2.97. The van der Waals surface area contributed by atoms with Crippen molar-refractivity contribution >= 4 is 5.69 Å². The molecule has 5 heteroatoms. The second-order valence-electron chi connectivity index (χ2n) is 4.69. The molecule has 100 valence electrons. The lowest BCUT2D eigenvalue weighted by Gasteiger charge is -2.02. The molecule has 0 fully saturated rings. The third-order valence-electron chi connectivity index (χ3n) is 2.97. The van der Waals surface area contributed by atoms with Crippen molar-refractivity contribution in [1.82, 2.24) is 19.7 Å². The van der Waals surface area contributed by atoms with E-state index in [4.69, 9.17) is 5.73 Å². The maximum absolute atomic E-state index is 6.05. The van der Waals surface area contributed by atoms with Gasteiger partial charge in [0.2, 0.25) is 0 Å². The van der Waals surface area contributed by atoms with Crippen LogP contribution in [0.3, 0.4) is 0 Å². The van der Waals surface area contributed by atoms with Crippen LogP contribution in [0.1, 0.15) is 11.4 Å². The van der Waals surface area contributed by atoms with Crippen LogP contribution >= 0.6 is 0 Å². The Kier molecular flexibility index (Phi) is 2.95. The summed E-state index contributed by atoms with van der Waals surface area (Å²) in [6, 6.07) is 11.8. The number of benzene rings is 1. The number of nitrogen functional groups attached to an aromatic ring is 1. The van der Waals surface area contributed by atoms with E-state index in [9.17, 15) is 0 Å². The van der Waals surface area contributed by atoms with E-state index in [0.717, 1.165) is 22.6 Å². The van der Waals surface area contributed by atoms with Crippen LogP contribution in [0.2, 0.25) is 0 Å². The SMILES string of the molecule is Cc1cc(C)nc(-n2cc(N)c(-c3ccccc3)n2)n1. The second kappa shape index (κ2) is 4.77. The molecule has 2 aromatic heterocycles. The molecule has 0 aliphatic rings. The highest BCUT2D eigenvalue weighted by Gasteiger charge is 2.11. The largest absolute Gasteiger partial charge is 0.396 e. The molecule has 0 saturated heterocycles. The molecular weight excluding hydrogens is 250 g/mol. The molecule has 0 spiro atoms. The molecule has 20 heavy (non-hydrogen) atoms. The molecular formula is C15H15N5. The van der Waals surface area contributed by atoms with Crippen LogP contribution in [-0.2, 0) is 0 Å². The fraction of sp³-hybridized carbons (Fsp3) is 0.133. The topological polar surface area (TPSA) is 69.6 Å². The third kappa shape index (κ3) is 2.25. The van der Waals surface area contributed by atoms with Crippen LogP contribution in [0.25, 0.3) is 17.2 Å². The fourth-order valence-electron chi connectivity index (χ4n) is 2.12. The van der Waals surface area contributed by atoms with Gasteiger partial charge >= 0.3 is 0 Å². The number of hydrogen-bond acceptors (Lipinski definition) is 4. The number of aryl methyl sites for hydroxylation is 2. The van der Waals surface area contributed by atoms with E-state index in [2.05, 4.69) is 15.1 Å². The molecule has 3 rings (SSSR count). The molecule has 2 heterocycles. The standard InChI is InChI=1S/C15H15N5/c1-10-8-11(2)18-15(17-10)20-9-13(16)14(19-20)12-6-4-3-5-7-12/h3-9H,16H2,1-2H3. The molecule has 3 aromatic rings. The predicted octanol–water partition coefficient (Wildman–Crippen LogP) is 2.53. The quantitative estimate of drug-likeness (QED) is 0.773. The highest BCUT2D eigenvalue weighted by molar-refractivity contribution is 5.72. The van der Waals surface area contributed by atoms with Crippen LogP contribution in [0.5, 0.6) is 0 Å². The zero-order valence-electron chi connectivity index (χ0n) is 11.4. The van der Waals surface area contributed by atoms with Gasteiger partial charge in [-0.2, -0.15) is 5.10 Å². The van der Waals surface area contributed by atoms with Crippen molar-refractivity contribution in [3.8, 4) is 17.2 Å². The number of hydrogen-bond donors (Lipinski definition) is 1.